The first-order chi connectivity index (χ1) is 6.56. The molecule has 80 valence electrons. The lowest BCUT2D eigenvalue weighted by molar-refractivity contribution is -0.155. The van der Waals surface area contributed by atoms with Gasteiger partial charge in [0.2, 0.25) is 5.91 Å². The van der Waals surface area contributed by atoms with Gasteiger partial charge in [-0.3, -0.25) is 9.69 Å². The fourth-order valence-corrected chi connectivity index (χ4v) is 1.69. The number of likely N-dealkylation sites (N-methyl/N-ethyl adjacent to an activating group) is 1. The normalized spacial score (nSPS) is 24.0. The molecule has 5 heteroatoms. The van der Waals surface area contributed by atoms with Gasteiger partial charge in [-0.2, -0.15) is 0 Å². The Morgan fingerprint density at radius 2 is 2.29 bits per heavy atom. The maximum Gasteiger partial charge on any atom is 0.327 e. The van der Waals surface area contributed by atoms with Gasteiger partial charge >= 0.3 is 5.97 Å². The number of carboxylic acid groups (broad SMARTS) is 1. The highest BCUT2D eigenvalue weighted by Gasteiger charge is 2.34. The largest absolute Gasteiger partial charge is 0.480 e. The molecule has 0 bridgehead atoms. The van der Waals surface area contributed by atoms with Crippen LogP contribution >= 0.6 is 0 Å². The van der Waals surface area contributed by atoms with E-state index in [1.165, 1.54) is 4.90 Å². The van der Waals surface area contributed by atoms with Crippen molar-refractivity contribution in [2.45, 2.75) is 19.4 Å². The highest BCUT2D eigenvalue weighted by molar-refractivity contribution is 5.86. The van der Waals surface area contributed by atoms with Crippen LogP contribution < -0.4 is 0 Å². The zero-order chi connectivity index (χ0) is 10.7. The van der Waals surface area contributed by atoms with Crippen molar-refractivity contribution in [3.05, 3.63) is 0 Å². The Kier molecular flexibility index (Phi) is 3.46. The lowest BCUT2D eigenvalue weighted by atomic mass is 10.1. The minimum atomic E-state index is -0.918. The summed E-state index contributed by atoms with van der Waals surface area (Å²) in [4.78, 5) is 25.6. The molecule has 1 aliphatic heterocycles. The first-order valence-electron chi connectivity index (χ1n) is 4.77. The van der Waals surface area contributed by atoms with Crippen LogP contribution in [0.3, 0.4) is 0 Å². The maximum atomic E-state index is 11.5. The number of piperazine rings is 1. The van der Waals surface area contributed by atoms with E-state index in [4.69, 9.17) is 5.11 Å². The number of carbonyl (C=O) groups is 2. The SMILES string of the molecule is CCCN1C(=O)CN(C)CC1C(=O)O. The number of rotatable bonds is 3. The maximum absolute atomic E-state index is 11.5. The smallest absolute Gasteiger partial charge is 0.327 e. The van der Waals surface area contributed by atoms with Crippen LogP contribution in [0.5, 0.6) is 0 Å². The van der Waals surface area contributed by atoms with Crippen LogP contribution in [0.2, 0.25) is 0 Å². The van der Waals surface area contributed by atoms with E-state index >= 15 is 0 Å². The van der Waals surface area contributed by atoms with Gasteiger partial charge in [0.1, 0.15) is 6.04 Å². The summed E-state index contributed by atoms with van der Waals surface area (Å²) in [6.45, 7) is 3.21. The predicted molar refractivity (Wildman–Crippen MR) is 50.9 cm³/mol. The minimum absolute atomic E-state index is 0.0898. The second kappa shape index (κ2) is 4.41. The van der Waals surface area contributed by atoms with Gasteiger partial charge in [-0.25, -0.2) is 4.79 Å². The van der Waals surface area contributed by atoms with Gasteiger partial charge in [-0.15, -0.1) is 0 Å². The Morgan fingerprint density at radius 1 is 1.64 bits per heavy atom. The molecule has 0 aromatic rings. The van der Waals surface area contributed by atoms with Crippen LogP contribution in [-0.4, -0.2) is 59.5 Å². The van der Waals surface area contributed by atoms with Gasteiger partial charge in [0.05, 0.1) is 6.54 Å². The molecule has 0 aromatic heterocycles. The molecule has 0 spiro atoms. The minimum Gasteiger partial charge on any atom is -0.480 e. The van der Waals surface area contributed by atoms with Crippen molar-refractivity contribution in [2.24, 2.45) is 0 Å². The molecule has 1 unspecified atom stereocenters. The van der Waals surface area contributed by atoms with Crippen LogP contribution in [0.15, 0.2) is 0 Å². The lowest BCUT2D eigenvalue weighted by Crippen LogP contribution is -2.58. The molecular formula is C9H16N2O3. The molecule has 1 N–H and O–H groups in total. The third kappa shape index (κ3) is 2.23. The quantitative estimate of drug-likeness (QED) is 0.675. The van der Waals surface area contributed by atoms with E-state index in [2.05, 4.69) is 0 Å². The molecule has 1 heterocycles. The average molecular weight is 200 g/mol. The molecule has 1 amide bonds. The topological polar surface area (TPSA) is 60.9 Å². The molecule has 0 aliphatic carbocycles. The number of amides is 1. The summed E-state index contributed by atoms with van der Waals surface area (Å²) >= 11 is 0. The van der Waals surface area contributed by atoms with Crippen molar-refractivity contribution in [2.75, 3.05) is 26.7 Å². The molecule has 0 radical (unpaired) electrons. The van der Waals surface area contributed by atoms with E-state index in [1.807, 2.05) is 6.92 Å². The zero-order valence-corrected chi connectivity index (χ0v) is 8.56. The summed E-state index contributed by atoms with van der Waals surface area (Å²) in [5.74, 6) is -1.01. The fraction of sp³-hybridized carbons (Fsp3) is 0.778. The van der Waals surface area contributed by atoms with Crippen LogP contribution in [0.25, 0.3) is 0 Å². The molecule has 0 saturated carbocycles. The first kappa shape index (κ1) is 11.0. The fourth-order valence-electron chi connectivity index (χ4n) is 1.69. The lowest BCUT2D eigenvalue weighted by Gasteiger charge is -2.37. The van der Waals surface area contributed by atoms with Crippen molar-refractivity contribution >= 4 is 11.9 Å². The molecular weight excluding hydrogens is 184 g/mol. The zero-order valence-electron chi connectivity index (χ0n) is 8.56. The van der Waals surface area contributed by atoms with E-state index in [0.717, 1.165) is 6.42 Å². The number of carboxylic acids is 1. The monoisotopic (exact) mass is 200 g/mol. The average Bonchev–Trinajstić information content (AvgIpc) is 2.09. The third-order valence-electron chi connectivity index (χ3n) is 2.34. The predicted octanol–water partition coefficient (Wildman–Crippen LogP) is -0.376. The Labute approximate surface area is 83.3 Å². The summed E-state index contributed by atoms with van der Waals surface area (Å²) in [5.41, 5.74) is 0. The summed E-state index contributed by atoms with van der Waals surface area (Å²) in [6.07, 6.45) is 0.791. The Balaban J connectivity index is 2.75. The Bertz CT molecular complexity index is 242. The molecule has 0 aromatic carbocycles. The standard InChI is InChI=1S/C9H16N2O3/c1-3-4-11-7(9(13)14)5-10(2)6-8(11)12/h7H,3-6H2,1-2H3,(H,13,14). The highest BCUT2D eigenvalue weighted by atomic mass is 16.4. The summed E-state index contributed by atoms with van der Waals surface area (Å²) < 4.78 is 0. The van der Waals surface area contributed by atoms with E-state index in [0.29, 0.717) is 19.6 Å². The van der Waals surface area contributed by atoms with Crippen LogP contribution in [-0.2, 0) is 9.59 Å². The van der Waals surface area contributed by atoms with Crippen molar-refractivity contribution in [1.29, 1.82) is 0 Å². The van der Waals surface area contributed by atoms with Gasteiger partial charge in [0.25, 0.3) is 0 Å². The van der Waals surface area contributed by atoms with Gasteiger partial charge < -0.3 is 10.0 Å². The molecule has 14 heavy (non-hydrogen) atoms. The Hall–Kier alpha value is -1.10. The summed E-state index contributed by atoms with van der Waals surface area (Å²) in [6, 6.07) is -0.679. The second-order valence-electron chi connectivity index (χ2n) is 3.64. The van der Waals surface area contributed by atoms with Gasteiger partial charge in [-0.1, -0.05) is 6.92 Å². The number of carbonyl (C=O) groups excluding carboxylic acids is 1. The molecule has 1 fully saturated rings. The van der Waals surface area contributed by atoms with E-state index < -0.39 is 12.0 Å². The second-order valence-corrected chi connectivity index (χ2v) is 3.64. The summed E-state index contributed by atoms with van der Waals surface area (Å²) in [5, 5.41) is 8.95. The van der Waals surface area contributed by atoms with E-state index in [-0.39, 0.29) is 5.91 Å². The molecule has 1 saturated heterocycles. The number of hydrogen-bond acceptors (Lipinski definition) is 3. The summed E-state index contributed by atoms with van der Waals surface area (Å²) in [7, 11) is 1.76. The van der Waals surface area contributed by atoms with Crippen molar-refractivity contribution in [1.82, 2.24) is 9.80 Å². The molecule has 1 atom stereocenters. The van der Waals surface area contributed by atoms with Crippen LogP contribution in [0.4, 0.5) is 0 Å². The van der Waals surface area contributed by atoms with Crippen molar-refractivity contribution in [3.8, 4) is 0 Å². The molecule has 5 nitrogen and oxygen atoms in total. The van der Waals surface area contributed by atoms with Crippen molar-refractivity contribution in [3.63, 3.8) is 0 Å². The van der Waals surface area contributed by atoms with E-state index in [9.17, 15) is 9.59 Å². The highest BCUT2D eigenvalue weighted by Crippen LogP contribution is 2.10. The van der Waals surface area contributed by atoms with Gasteiger partial charge in [0, 0.05) is 13.1 Å². The van der Waals surface area contributed by atoms with Gasteiger partial charge in [0.15, 0.2) is 0 Å². The van der Waals surface area contributed by atoms with Crippen molar-refractivity contribution < 1.29 is 14.7 Å². The third-order valence-corrected chi connectivity index (χ3v) is 2.34. The van der Waals surface area contributed by atoms with E-state index in [1.54, 1.807) is 11.9 Å². The van der Waals surface area contributed by atoms with Gasteiger partial charge in [-0.05, 0) is 13.5 Å². The first-order valence-corrected chi connectivity index (χ1v) is 4.77. The Morgan fingerprint density at radius 3 is 2.79 bits per heavy atom. The molecule has 1 aliphatic rings. The number of aliphatic carboxylic acids is 1. The molecule has 1 rings (SSSR count). The van der Waals surface area contributed by atoms with Crippen LogP contribution in [0, 0.1) is 0 Å². The number of nitrogens with zero attached hydrogens (tertiary/aromatic N) is 2. The number of hydrogen-bond donors (Lipinski definition) is 1. The van der Waals surface area contributed by atoms with Crippen LogP contribution in [0.1, 0.15) is 13.3 Å².